The number of hydrogen-bond donors (Lipinski definition) is 3. The summed E-state index contributed by atoms with van der Waals surface area (Å²) in [5.41, 5.74) is 13.0. The normalized spacial score (nSPS) is 12.1. The molecule has 0 aliphatic rings. The molecule has 1 rings (SSSR count). The molecule has 0 saturated carbocycles. The van der Waals surface area contributed by atoms with Crippen molar-refractivity contribution in [1.82, 2.24) is 0 Å². The first kappa shape index (κ1) is 11.3. The Kier molecular flexibility index (Phi) is 3.46. The van der Waals surface area contributed by atoms with Crippen molar-refractivity contribution in [2.45, 2.75) is 12.5 Å². The number of nitrogens with two attached hydrogens (primary N) is 2. The second-order valence-corrected chi connectivity index (χ2v) is 3.37. The average molecular weight is 206 g/mol. The van der Waals surface area contributed by atoms with Crippen LogP contribution in [-0.4, -0.2) is 17.1 Å². The van der Waals surface area contributed by atoms with Gasteiger partial charge < -0.3 is 16.6 Å². The second kappa shape index (κ2) is 4.61. The van der Waals surface area contributed by atoms with E-state index in [1.165, 1.54) is 0 Å². The van der Waals surface area contributed by atoms with Crippen molar-refractivity contribution in [2.24, 2.45) is 11.5 Å². The molecule has 4 heteroatoms. The van der Waals surface area contributed by atoms with Crippen LogP contribution in [0.25, 0.3) is 5.70 Å². The second-order valence-electron chi connectivity index (χ2n) is 3.37. The third-order valence-corrected chi connectivity index (χ3v) is 2.07. The van der Waals surface area contributed by atoms with E-state index in [1.807, 2.05) is 12.1 Å². The van der Waals surface area contributed by atoms with Gasteiger partial charge in [0.25, 0.3) is 0 Å². The van der Waals surface area contributed by atoms with Crippen LogP contribution in [0.1, 0.15) is 11.1 Å². The van der Waals surface area contributed by atoms with Crippen LogP contribution < -0.4 is 11.5 Å². The first-order chi connectivity index (χ1) is 7.00. The van der Waals surface area contributed by atoms with E-state index < -0.39 is 12.0 Å². The van der Waals surface area contributed by atoms with Crippen LogP contribution in [0.2, 0.25) is 0 Å². The molecule has 0 spiro atoms. The lowest BCUT2D eigenvalue weighted by molar-refractivity contribution is -0.138. The van der Waals surface area contributed by atoms with Crippen LogP contribution in [0.4, 0.5) is 0 Å². The summed E-state index contributed by atoms with van der Waals surface area (Å²) in [6.45, 7) is 3.61. The van der Waals surface area contributed by atoms with Crippen molar-refractivity contribution in [2.75, 3.05) is 0 Å². The fraction of sp³-hybridized carbons (Fsp3) is 0.182. The Labute approximate surface area is 88.2 Å². The number of benzene rings is 1. The topological polar surface area (TPSA) is 89.3 Å². The van der Waals surface area contributed by atoms with Gasteiger partial charge in [-0.1, -0.05) is 24.8 Å². The molecule has 0 heterocycles. The van der Waals surface area contributed by atoms with E-state index in [9.17, 15) is 4.79 Å². The number of carboxylic acid groups (broad SMARTS) is 1. The predicted molar refractivity (Wildman–Crippen MR) is 59.0 cm³/mol. The third-order valence-electron chi connectivity index (χ3n) is 2.07. The molecule has 80 valence electrons. The van der Waals surface area contributed by atoms with E-state index in [4.69, 9.17) is 16.6 Å². The summed E-state index contributed by atoms with van der Waals surface area (Å²) in [4.78, 5) is 10.6. The molecule has 4 nitrogen and oxygen atoms in total. The average Bonchev–Trinajstić information content (AvgIpc) is 2.18. The largest absolute Gasteiger partial charge is 0.480 e. The van der Waals surface area contributed by atoms with Gasteiger partial charge in [0.1, 0.15) is 6.04 Å². The minimum absolute atomic E-state index is 0.288. The van der Waals surface area contributed by atoms with Gasteiger partial charge in [-0.3, -0.25) is 4.79 Å². The molecular weight excluding hydrogens is 192 g/mol. The molecule has 1 atom stereocenters. The minimum Gasteiger partial charge on any atom is -0.480 e. The quantitative estimate of drug-likeness (QED) is 0.671. The number of hydrogen-bond acceptors (Lipinski definition) is 3. The van der Waals surface area contributed by atoms with Crippen LogP contribution in [0.15, 0.2) is 30.8 Å². The number of rotatable bonds is 4. The van der Waals surface area contributed by atoms with Gasteiger partial charge in [-0.15, -0.1) is 0 Å². The van der Waals surface area contributed by atoms with Gasteiger partial charge in [0, 0.05) is 5.70 Å². The maximum absolute atomic E-state index is 10.6. The summed E-state index contributed by atoms with van der Waals surface area (Å²) in [5, 5.41) is 8.65. The first-order valence-electron chi connectivity index (χ1n) is 4.53. The minimum atomic E-state index is -1.01. The van der Waals surface area contributed by atoms with Gasteiger partial charge in [-0.25, -0.2) is 0 Å². The summed E-state index contributed by atoms with van der Waals surface area (Å²) in [6.07, 6.45) is 0.288. The summed E-state index contributed by atoms with van der Waals surface area (Å²) < 4.78 is 0. The van der Waals surface area contributed by atoms with Crippen molar-refractivity contribution < 1.29 is 9.90 Å². The van der Waals surface area contributed by atoms with E-state index in [-0.39, 0.29) is 6.42 Å². The van der Waals surface area contributed by atoms with Crippen molar-refractivity contribution in [3.8, 4) is 0 Å². The Balaban J connectivity index is 2.82. The summed E-state index contributed by atoms with van der Waals surface area (Å²) >= 11 is 0. The SMILES string of the molecule is C=C(N)c1cccc(CC(N)C(=O)O)c1. The molecule has 0 bridgehead atoms. The van der Waals surface area contributed by atoms with Crippen molar-refractivity contribution in [3.05, 3.63) is 42.0 Å². The van der Waals surface area contributed by atoms with Crippen LogP contribution in [0.3, 0.4) is 0 Å². The lowest BCUT2D eigenvalue weighted by Crippen LogP contribution is -2.32. The molecule has 0 saturated heterocycles. The monoisotopic (exact) mass is 206 g/mol. The molecule has 0 radical (unpaired) electrons. The summed E-state index contributed by atoms with van der Waals surface area (Å²) in [5.74, 6) is -1.01. The molecule has 0 amide bonds. The van der Waals surface area contributed by atoms with Gasteiger partial charge in [0.15, 0.2) is 0 Å². The van der Waals surface area contributed by atoms with E-state index in [2.05, 4.69) is 6.58 Å². The molecule has 1 aromatic carbocycles. The highest BCUT2D eigenvalue weighted by Gasteiger charge is 2.12. The molecule has 0 fully saturated rings. The van der Waals surface area contributed by atoms with Crippen LogP contribution in [0.5, 0.6) is 0 Å². The Morgan fingerprint density at radius 2 is 2.20 bits per heavy atom. The van der Waals surface area contributed by atoms with Gasteiger partial charge in [0.2, 0.25) is 0 Å². The number of carbonyl (C=O) groups is 1. The molecule has 15 heavy (non-hydrogen) atoms. The first-order valence-corrected chi connectivity index (χ1v) is 4.53. The van der Waals surface area contributed by atoms with E-state index in [0.29, 0.717) is 5.70 Å². The smallest absolute Gasteiger partial charge is 0.320 e. The zero-order valence-corrected chi connectivity index (χ0v) is 8.31. The Morgan fingerprint density at radius 1 is 1.53 bits per heavy atom. The number of carboxylic acids is 1. The van der Waals surface area contributed by atoms with Crippen molar-refractivity contribution >= 4 is 11.7 Å². The molecule has 0 aliphatic heterocycles. The lowest BCUT2D eigenvalue weighted by atomic mass is 10.0. The fourth-order valence-electron chi connectivity index (χ4n) is 1.24. The van der Waals surface area contributed by atoms with Crippen molar-refractivity contribution in [1.29, 1.82) is 0 Å². The van der Waals surface area contributed by atoms with Crippen LogP contribution in [0, 0.1) is 0 Å². The van der Waals surface area contributed by atoms with Gasteiger partial charge in [-0.05, 0) is 23.6 Å². The maximum atomic E-state index is 10.6. The van der Waals surface area contributed by atoms with E-state index >= 15 is 0 Å². The third kappa shape index (κ3) is 3.11. The maximum Gasteiger partial charge on any atom is 0.320 e. The Hall–Kier alpha value is -1.81. The van der Waals surface area contributed by atoms with Crippen LogP contribution >= 0.6 is 0 Å². The number of aliphatic carboxylic acids is 1. The molecular formula is C11H14N2O2. The highest BCUT2D eigenvalue weighted by atomic mass is 16.4. The van der Waals surface area contributed by atoms with Gasteiger partial charge in [0.05, 0.1) is 0 Å². The molecule has 0 aromatic heterocycles. The van der Waals surface area contributed by atoms with E-state index in [0.717, 1.165) is 11.1 Å². The standard InChI is InChI=1S/C11H14N2O2/c1-7(12)9-4-2-3-8(5-9)6-10(13)11(14)15/h2-5,10H,1,6,12-13H2,(H,14,15). The van der Waals surface area contributed by atoms with E-state index in [1.54, 1.807) is 12.1 Å². The molecule has 1 unspecified atom stereocenters. The summed E-state index contributed by atoms with van der Waals surface area (Å²) in [6, 6.07) is 6.35. The van der Waals surface area contributed by atoms with Crippen LogP contribution in [-0.2, 0) is 11.2 Å². The highest BCUT2D eigenvalue weighted by molar-refractivity contribution is 5.73. The Morgan fingerprint density at radius 3 is 2.73 bits per heavy atom. The zero-order valence-electron chi connectivity index (χ0n) is 8.31. The zero-order chi connectivity index (χ0) is 11.4. The summed E-state index contributed by atoms with van der Waals surface area (Å²) in [7, 11) is 0. The predicted octanol–water partition coefficient (Wildman–Crippen LogP) is 0.570. The Bertz CT molecular complexity index is 388. The van der Waals surface area contributed by atoms with Gasteiger partial charge >= 0.3 is 5.97 Å². The fourth-order valence-corrected chi connectivity index (χ4v) is 1.24. The van der Waals surface area contributed by atoms with Crippen molar-refractivity contribution in [3.63, 3.8) is 0 Å². The highest BCUT2D eigenvalue weighted by Crippen LogP contribution is 2.11. The molecule has 0 aliphatic carbocycles. The molecule has 5 N–H and O–H groups in total. The van der Waals surface area contributed by atoms with Gasteiger partial charge in [-0.2, -0.15) is 0 Å². The molecule has 1 aromatic rings. The lowest BCUT2D eigenvalue weighted by Gasteiger charge is -2.08.